The fourth-order valence-electron chi connectivity index (χ4n) is 6.75. The Kier molecular flexibility index (Phi) is 10.0. The molecule has 0 saturated carbocycles. The zero-order chi connectivity index (χ0) is 35.2. The molecular formula is C48H40N2S. The van der Waals surface area contributed by atoms with Crippen LogP contribution in [0.3, 0.4) is 0 Å². The van der Waals surface area contributed by atoms with Crippen molar-refractivity contribution in [1.29, 1.82) is 0 Å². The van der Waals surface area contributed by atoms with Gasteiger partial charge in [0.25, 0.3) is 0 Å². The molecule has 9 rings (SSSR count). The summed E-state index contributed by atoms with van der Waals surface area (Å²) in [6, 6.07) is 61.4. The lowest BCUT2D eigenvalue weighted by Gasteiger charge is -2.33. The molecule has 3 heteroatoms. The standard InChI is InChI=1S/C42H28N2S.C4H6.C2H6/c1-4-14-29(15-5-1)31-26-32(30-16-6-2-7-17-30)28-34(27-31)43-36-21-11-10-20-35(36)41-38(43)24-25-40-42(41)44(33-18-8-3-9-19-33)37-22-12-13-23-39(37)45-40;1-3-4-2;1-2/h1-28H;3-4H,1-2H2;1-2H3. The lowest BCUT2D eigenvalue weighted by Crippen LogP contribution is -2.15. The van der Waals surface area contributed by atoms with Gasteiger partial charge in [-0.3, -0.25) is 0 Å². The molecule has 51 heavy (non-hydrogen) atoms. The molecule has 2 heterocycles. The van der Waals surface area contributed by atoms with Crippen molar-refractivity contribution in [3.05, 3.63) is 195 Å². The molecule has 8 aromatic rings. The molecule has 0 radical (unpaired) electrons. The highest BCUT2D eigenvalue weighted by molar-refractivity contribution is 7.99. The van der Waals surface area contributed by atoms with Gasteiger partial charge in [-0.25, -0.2) is 0 Å². The molecule has 0 N–H and O–H groups in total. The Morgan fingerprint density at radius 3 is 1.65 bits per heavy atom. The van der Waals surface area contributed by atoms with Crippen LogP contribution in [0.25, 0.3) is 49.7 Å². The molecule has 7 aromatic carbocycles. The van der Waals surface area contributed by atoms with Crippen molar-refractivity contribution in [3.63, 3.8) is 0 Å². The average Bonchev–Trinajstić information content (AvgIpc) is 3.56. The summed E-state index contributed by atoms with van der Waals surface area (Å²) in [6.07, 6.45) is 3.28. The van der Waals surface area contributed by atoms with Crippen LogP contribution in [-0.4, -0.2) is 4.57 Å². The Bertz CT molecular complexity index is 2380. The van der Waals surface area contributed by atoms with Crippen molar-refractivity contribution in [3.8, 4) is 27.9 Å². The van der Waals surface area contributed by atoms with Gasteiger partial charge in [0, 0.05) is 31.9 Å². The van der Waals surface area contributed by atoms with Gasteiger partial charge in [-0.15, -0.1) is 0 Å². The monoisotopic (exact) mass is 676 g/mol. The third-order valence-electron chi connectivity index (χ3n) is 8.90. The molecule has 0 bridgehead atoms. The molecule has 2 nitrogen and oxygen atoms in total. The van der Waals surface area contributed by atoms with Gasteiger partial charge in [-0.2, -0.15) is 0 Å². The van der Waals surface area contributed by atoms with E-state index in [1.165, 1.54) is 65.2 Å². The molecule has 1 aliphatic rings. The van der Waals surface area contributed by atoms with Crippen molar-refractivity contribution < 1.29 is 0 Å². The number of para-hydroxylation sites is 3. The van der Waals surface area contributed by atoms with Crippen molar-refractivity contribution in [2.75, 3.05) is 4.90 Å². The molecule has 0 aliphatic carbocycles. The number of aromatic nitrogens is 1. The first kappa shape index (κ1) is 33.5. The van der Waals surface area contributed by atoms with E-state index in [9.17, 15) is 0 Å². The predicted octanol–water partition coefficient (Wildman–Crippen LogP) is 14.4. The van der Waals surface area contributed by atoms with Crippen LogP contribution in [-0.2, 0) is 0 Å². The second-order valence-electron chi connectivity index (χ2n) is 11.9. The van der Waals surface area contributed by atoms with E-state index in [4.69, 9.17) is 0 Å². The molecule has 0 atom stereocenters. The lowest BCUT2D eigenvalue weighted by atomic mass is 9.98. The minimum absolute atomic E-state index is 1.15. The van der Waals surface area contributed by atoms with Crippen LogP contribution in [0, 0.1) is 0 Å². The van der Waals surface area contributed by atoms with Crippen LogP contribution < -0.4 is 4.90 Å². The first-order valence-corrected chi connectivity index (χ1v) is 18.2. The first-order chi connectivity index (χ1) is 25.2. The smallest absolute Gasteiger partial charge is 0.0701 e. The van der Waals surface area contributed by atoms with Gasteiger partial charge in [0.05, 0.1) is 22.4 Å². The summed E-state index contributed by atoms with van der Waals surface area (Å²) in [7, 11) is 0. The van der Waals surface area contributed by atoms with Crippen LogP contribution in [0.4, 0.5) is 17.1 Å². The second kappa shape index (κ2) is 15.2. The molecule has 0 fully saturated rings. The normalized spacial score (nSPS) is 11.4. The number of anilines is 3. The van der Waals surface area contributed by atoms with Gasteiger partial charge in [0.1, 0.15) is 0 Å². The van der Waals surface area contributed by atoms with E-state index in [0.29, 0.717) is 0 Å². The molecule has 0 amide bonds. The zero-order valence-corrected chi connectivity index (χ0v) is 29.9. The van der Waals surface area contributed by atoms with E-state index in [1.807, 2.05) is 25.6 Å². The van der Waals surface area contributed by atoms with Crippen molar-refractivity contribution in [1.82, 2.24) is 4.57 Å². The van der Waals surface area contributed by atoms with Gasteiger partial charge in [-0.1, -0.05) is 160 Å². The highest BCUT2D eigenvalue weighted by Crippen LogP contribution is 2.55. The number of allylic oxidation sites excluding steroid dienone is 2. The molecular weight excluding hydrogens is 637 g/mol. The minimum Gasteiger partial charge on any atom is -0.309 e. The number of hydrogen-bond acceptors (Lipinski definition) is 2. The molecule has 1 aliphatic heterocycles. The van der Waals surface area contributed by atoms with Crippen molar-refractivity contribution >= 4 is 50.6 Å². The zero-order valence-electron chi connectivity index (χ0n) is 29.0. The van der Waals surface area contributed by atoms with E-state index in [0.717, 1.165) is 11.4 Å². The molecule has 0 saturated heterocycles. The van der Waals surface area contributed by atoms with Crippen LogP contribution in [0.1, 0.15) is 13.8 Å². The number of nitrogens with zero attached hydrogens (tertiary/aromatic N) is 2. The first-order valence-electron chi connectivity index (χ1n) is 17.4. The number of hydrogen-bond donors (Lipinski definition) is 0. The van der Waals surface area contributed by atoms with E-state index in [1.54, 1.807) is 12.2 Å². The number of benzene rings is 7. The number of rotatable bonds is 5. The Labute approximate surface area is 305 Å². The second-order valence-corrected chi connectivity index (χ2v) is 13.0. The summed E-state index contributed by atoms with van der Waals surface area (Å²) in [5.74, 6) is 0. The van der Waals surface area contributed by atoms with Gasteiger partial charge in [-0.05, 0) is 82.9 Å². The van der Waals surface area contributed by atoms with Crippen LogP contribution >= 0.6 is 11.8 Å². The largest absolute Gasteiger partial charge is 0.309 e. The Balaban J connectivity index is 0.000000635. The summed E-state index contributed by atoms with van der Waals surface area (Å²) in [5, 5.41) is 2.51. The van der Waals surface area contributed by atoms with Crippen LogP contribution in [0.5, 0.6) is 0 Å². The summed E-state index contributed by atoms with van der Waals surface area (Å²) in [5.41, 5.74) is 12.0. The van der Waals surface area contributed by atoms with Gasteiger partial charge in [0.15, 0.2) is 0 Å². The Hall–Kier alpha value is -6.03. The number of fused-ring (bicyclic) bond motifs is 6. The van der Waals surface area contributed by atoms with Crippen molar-refractivity contribution in [2.45, 2.75) is 23.6 Å². The molecule has 248 valence electrons. The summed E-state index contributed by atoms with van der Waals surface area (Å²) >= 11 is 1.86. The van der Waals surface area contributed by atoms with E-state index >= 15 is 0 Å². The van der Waals surface area contributed by atoms with Crippen molar-refractivity contribution in [2.24, 2.45) is 0 Å². The van der Waals surface area contributed by atoms with Gasteiger partial charge in [0.2, 0.25) is 0 Å². The quantitative estimate of drug-likeness (QED) is 0.168. The lowest BCUT2D eigenvalue weighted by molar-refractivity contribution is 1.16. The third kappa shape index (κ3) is 6.40. The third-order valence-corrected chi connectivity index (χ3v) is 10.0. The molecule has 0 spiro atoms. The maximum Gasteiger partial charge on any atom is 0.0701 e. The fraction of sp³-hybridized carbons (Fsp3) is 0.0417. The maximum absolute atomic E-state index is 3.36. The summed E-state index contributed by atoms with van der Waals surface area (Å²) < 4.78 is 2.46. The topological polar surface area (TPSA) is 8.17 Å². The summed E-state index contributed by atoms with van der Waals surface area (Å²) in [4.78, 5) is 4.98. The highest BCUT2D eigenvalue weighted by Gasteiger charge is 2.29. The highest BCUT2D eigenvalue weighted by atomic mass is 32.2. The van der Waals surface area contributed by atoms with E-state index < -0.39 is 0 Å². The molecule has 1 aromatic heterocycles. The average molecular weight is 677 g/mol. The minimum atomic E-state index is 1.15. The van der Waals surface area contributed by atoms with Crippen LogP contribution in [0.15, 0.2) is 205 Å². The van der Waals surface area contributed by atoms with Crippen LogP contribution in [0.2, 0.25) is 0 Å². The predicted molar refractivity (Wildman–Crippen MR) is 222 cm³/mol. The Morgan fingerprint density at radius 1 is 0.471 bits per heavy atom. The van der Waals surface area contributed by atoms with E-state index in [-0.39, 0.29) is 0 Å². The fourth-order valence-corrected chi connectivity index (χ4v) is 7.83. The SMILES string of the molecule is C=CC=C.CC.c1ccc(-c2cc(-c3ccccc3)cc(-n3c4ccccc4c4c5c(ccc43)Sc3ccccc3N5c3ccccc3)c2)cc1. The summed E-state index contributed by atoms with van der Waals surface area (Å²) in [6.45, 7) is 10.7. The Morgan fingerprint density at radius 2 is 1.02 bits per heavy atom. The van der Waals surface area contributed by atoms with Gasteiger partial charge >= 0.3 is 0 Å². The molecule has 0 unspecified atom stereocenters. The maximum atomic E-state index is 3.36. The van der Waals surface area contributed by atoms with Gasteiger partial charge < -0.3 is 9.47 Å². The van der Waals surface area contributed by atoms with E-state index in [2.05, 4.69) is 192 Å².